The summed E-state index contributed by atoms with van der Waals surface area (Å²) in [5, 5.41) is 3.67. The topological polar surface area (TPSA) is 86.8 Å². The number of carbonyl (C=O) groups is 2. The molecule has 1 N–H and O–H groups in total. The van der Waals surface area contributed by atoms with Gasteiger partial charge in [0.2, 0.25) is 11.8 Å². The molecular weight excluding hydrogens is 581 g/mol. The van der Waals surface area contributed by atoms with Crippen LogP contribution in [-0.4, -0.2) is 43.8 Å². The largest absolute Gasteiger partial charge is 0.352 e. The summed E-state index contributed by atoms with van der Waals surface area (Å²) in [6.45, 7) is 6.48. The minimum atomic E-state index is -4.26. The molecule has 0 saturated carbocycles. The predicted molar refractivity (Wildman–Crippen MR) is 157 cm³/mol. The molecule has 0 heterocycles. The first-order chi connectivity index (χ1) is 18.3. The lowest BCUT2D eigenvalue weighted by atomic mass is 10.1. The third-order valence-electron chi connectivity index (χ3n) is 5.93. The van der Waals surface area contributed by atoms with Crippen LogP contribution in [0, 0.1) is 6.92 Å². The molecule has 1 atom stereocenters. The Bertz CT molecular complexity index is 1430. The van der Waals surface area contributed by atoms with E-state index in [1.54, 1.807) is 43.3 Å². The number of aryl methyl sites for hydroxylation is 1. The van der Waals surface area contributed by atoms with Crippen LogP contribution in [0.15, 0.2) is 71.6 Å². The van der Waals surface area contributed by atoms with Gasteiger partial charge in [0.25, 0.3) is 10.0 Å². The molecule has 7 nitrogen and oxygen atoms in total. The van der Waals surface area contributed by atoms with Crippen molar-refractivity contribution in [1.82, 2.24) is 10.2 Å². The van der Waals surface area contributed by atoms with E-state index in [-0.39, 0.29) is 39.1 Å². The number of anilines is 1. The average Bonchev–Trinajstić information content (AvgIpc) is 2.87. The standard InChI is InChI=1S/C28H30Cl3N3O4S/c1-18(2)32-28(36)20(4)33(16-21-7-9-22(29)10-8-21)27(35)17-34(26-15-23(30)11-14-25(26)31)39(37,38)24-12-5-19(3)6-13-24/h5-15,18,20H,16-17H2,1-4H3,(H,32,36)/t20-/m0/s1. The van der Waals surface area contributed by atoms with E-state index in [9.17, 15) is 18.0 Å². The van der Waals surface area contributed by atoms with Crippen molar-refractivity contribution in [2.75, 3.05) is 10.8 Å². The van der Waals surface area contributed by atoms with Crippen LogP contribution in [0.2, 0.25) is 15.1 Å². The second-order valence-electron chi connectivity index (χ2n) is 9.41. The first-order valence-electron chi connectivity index (χ1n) is 12.2. The molecular formula is C28H30Cl3N3O4S. The third-order valence-corrected chi connectivity index (χ3v) is 8.51. The minimum Gasteiger partial charge on any atom is -0.352 e. The van der Waals surface area contributed by atoms with Gasteiger partial charge in [-0.05, 0) is 75.7 Å². The fourth-order valence-corrected chi connectivity index (χ4v) is 5.79. The van der Waals surface area contributed by atoms with Gasteiger partial charge in [0.15, 0.2) is 0 Å². The number of nitrogens with one attached hydrogen (secondary N) is 1. The number of halogens is 3. The highest BCUT2D eigenvalue weighted by Crippen LogP contribution is 2.33. The van der Waals surface area contributed by atoms with Crippen molar-refractivity contribution in [2.45, 2.75) is 51.2 Å². The summed E-state index contributed by atoms with van der Waals surface area (Å²) in [4.78, 5) is 28.2. The monoisotopic (exact) mass is 609 g/mol. The molecule has 0 radical (unpaired) electrons. The Kier molecular flexibility index (Phi) is 10.3. The number of amides is 2. The number of sulfonamides is 1. The molecule has 2 amide bonds. The van der Waals surface area contributed by atoms with Gasteiger partial charge in [-0.25, -0.2) is 8.42 Å². The van der Waals surface area contributed by atoms with Crippen molar-refractivity contribution in [3.05, 3.63) is 92.9 Å². The van der Waals surface area contributed by atoms with E-state index >= 15 is 0 Å². The summed E-state index contributed by atoms with van der Waals surface area (Å²) in [7, 11) is -4.26. The summed E-state index contributed by atoms with van der Waals surface area (Å²) in [5.41, 5.74) is 1.63. The van der Waals surface area contributed by atoms with Crippen LogP contribution in [-0.2, 0) is 26.2 Å². The molecule has 0 aromatic heterocycles. The number of carbonyl (C=O) groups excluding carboxylic acids is 2. The fraction of sp³-hybridized carbons (Fsp3) is 0.286. The summed E-state index contributed by atoms with van der Waals surface area (Å²) >= 11 is 18.6. The molecule has 39 heavy (non-hydrogen) atoms. The third kappa shape index (κ3) is 7.88. The van der Waals surface area contributed by atoms with Crippen molar-refractivity contribution >= 4 is 62.3 Å². The van der Waals surface area contributed by atoms with E-state index in [0.717, 1.165) is 9.87 Å². The second-order valence-corrected chi connectivity index (χ2v) is 12.6. The number of rotatable bonds is 10. The normalized spacial score (nSPS) is 12.2. The molecule has 0 spiro atoms. The molecule has 0 aliphatic carbocycles. The van der Waals surface area contributed by atoms with Crippen LogP contribution in [0.3, 0.4) is 0 Å². The van der Waals surface area contributed by atoms with Gasteiger partial charge in [-0.2, -0.15) is 0 Å². The van der Waals surface area contributed by atoms with Gasteiger partial charge in [0.1, 0.15) is 12.6 Å². The number of benzene rings is 3. The van der Waals surface area contributed by atoms with E-state index in [0.29, 0.717) is 10.6 Å². The highest BCUT2D eigenvalue weighted by molar-refractivity contribution is 7.92. The Morgan fingerprint density at radius 1 is 0.872 bits per heavy atom. The van der Waals surface area contributed by atoms with Gasteiger partial charge in [-0.15, -0.1) is 0 Å². The molecule has 0 aliphatic rings. The smallest absolute Gasteiger partial charge is 0.264 e. The van der Waals surface area contributed by atoms with E-state index in [2.05, 4.69) is 5.32 Å². The van der Waals surface area contributed by atoms with Crippen LogP contribution in [0.25, 0.3) is 0 Å². The number of nitrogens with zero attached hydrogens (tertiary/aromatic N) is 2. The van der Waals surface area contributed by atoms with Crippen molar-refractivity contribution in [2.24, 2.45) is 0 Å². The summed E-state index contributed by atoms with van der Waals surface area (Å²) < 4.78 is 28.7. The summed E-state index contributed by atoms with van der Waals surface area (Å²) in [6.07, 6.45) is 0. The van der Waals surface area contributed by atoms with E-state index in [1.807, 2.05) is 20.8 Å². The molecule has 0 aliphatic heterocycles. The van der Waals surface area contributed by atoms with Crippen molar-refractivity contribution in [3.63, 3.8) is 0 Å². The molecule has 11 heteroatoms. The Balaban J connectivity index is 2.07. The zero-order valence-electron chi connectivity index (χ0n) is 22.0. The Morgan fingerprint density at radius 3 is 2.05 bits per heavy atom. The maximum atomic E-state index is 13.9. The molecule has 208 valence electrons. The van der Waals surface area contributed by atoms with Gasteiger partial charge in [0, 0.05) is 22.6 Å². The minimum absolute atomic E-state index is 0.0215. The first kappa shape index (κ1) is 30.8. The van der Waals surface area contributed by atoms with Crippen LogP contribution in [0.1, 0.15) is 31.9 Å². The van der Waals surface area contributed by atoms with Gasteiger partial charge in [-0.1, -0.05) is 64.6 Å². The van der Waals surface area contributed by atoms with Crippen molar-refractivity contribution in [1.29, 1.82) is 0 Å². The van der Waals surface area contributed by atoms with E-state index in [4.69, 9.17) is 34.8 Å². The maximum Gasteiger partial charge on any atom is 0.264 e. The zero-order chi connectivity index (χ0) is 28.9. The Hall–Kier alpha value is -2.78. The lowest BCUT2D eigenvalue weighted by Gasteiger charge is -2.32. The van der Waals surface area contributed by atoms with Crippen LogP contribution in [0.4, 0.5) is 5.69 Å². The maximum absolute atomic E-state index is 13.9. The lowest BCUT2D eigenvalue weighted by Crippen LogP contribution is -2.52. The van der Waals surface area contributed by atoms with Gasteiger partial charge in [0.05, 0.1) is 15.6 Å². The quantitative estimate of drug-likeness (QED) is 0.301. The summed E-state index contributed by atoms with van der Waals surface area (Å²) in [6, 6.07) is 16.4. The van der Waals surface area contributed by atoms with Crippen molar-refractivity contribution < 1.29 is 18.0 Å². The molecule has 3 aromatic carbocycles. The number of hydrogen-bond donors (Lipinski definition) is 1. The Morgan fingerprint density at radius 2 is 1.46 bits per heavy atom. The highest BCUT2D eigenvalue weighted by Gasteiger charge is 2.33. The van der Waals surface area contributed by atoms with Crippen LogP contribution >= 0.6 is 34.8 Å². The zero-order valence-corrected chi connectivity index (χ0v) is 25.1. The first-order valence-corrected chi connectivity index (χ1v) is 14.8. The van der Waals surface area contributed by atoms with E-state index in [1.165, 1.54) is 35.2 Å². The van der Waals surface area contributed by atoms with Crippen LogP contribution in [0.5, 0.6) is 0 Å². The van der Waals surface area contributed by atoms with E-state index < -0.39 is 28.5 Å². The summed E-state index contributed by atoms with van der Waals surface area (Å²) in [5.74, 6) is -0.982. The molecule has 3 aromatic rings. The molecule has 0 unspecified atom stereocenters. The molecule has 0 saturated heterocycles. The van der Waals surface area contributed by atoms with Crippen molar-refractivity contribution in [3.8, 4) is 0 Å². The Labute approximate surface area is 244 Å². The molecule has 0 fully saturated rings. The van der Waals surface area contributed by atoms with Gasteiger partial charge in [-0.3, -0.25) is 13.9 Å². The molecule has 3 rings (SSSR count). The second kappa shape index (κ2) is 13.0. The van der Waals surface area contributed by atoms with Crippen LogP contribution < -0.4 is 9.62 Å². The lowest BCUT2D eigenvalue weighted by molar-refractivity contribution is -0.139. The van der Waals surface area contributed by atoms with Gasteiger partial charge < -0.3 is 10.2 Å². The SMILES string of the molecule is Cc1ccc(S(=O)(=O)N(CC(=O)N(Cc2ccc(Cl)cc2)[C@@H](C)C(=O)NC(C)C)c2cc(Cl)ccc2Cl)cc1. The van der Waals surface area contributed by atoms with Gasteiger partial charge >= 0.3 is 0 Å². The highest BCUT2D eigenvalue weighted by atomic mass is 35.5. The molecule has 0 bridgehead atoms. The number of hydrogen-bond acceptors (Lipinski definition) is 4. The average molecular weight is 611 g/mol. The fourth-order valence-electron chi connectivity index (χ4n) is 3.80. The predicted octanol–water partition coefficient (Wildman–Crippen LogP) is 6.09.